The van der Waals surface area contributed by atoms with Crippen molar-refractivity contribution in [1.29, 1.82) is 0 Å². The van der Waals surface area contributed by atoms with Gasteiger partial charge in [0.2, 0.25) is 0 Å². The van der Waals surface area contributed by atoms with Gasteiger partial charge < -0.3 is 5.11 Å². The second-order valence-electron chi connectivity index (χ2n) is 2.88. The molecule has 0 saturated heterocycles. The molecular formula is C11H14N2O2. The number of aryl methyl sites for hydroxylation is 1. The maximum atomic E-state index is 10.6. The van der Waals surface area contributed by atoms with Crippen molar-refractivity contribution in [3.05, 3.63) is 30.0 Å². The second kappa shape index (κ2) is 4.59. The van der Waals surface area contributed by atoms with E-state index in [1.54, 1.807) is 36.1 Å². The number of carbonyl (C=O) groups is 1. The molecule has 0 bridgehead atoms. The van der Waals surface area contributed by atoms with Crippen LogP contribution < -0.4 is 0 Å². The molecule has 1 heterocycles. The molecule has 0 aliphatic heterocycles. The fourth-order valence-electron chi connectivity index (χ4n) is 1.28. The molecule has 0 radical (unpaired) electrons. The topological polar surface area (TPSA) is 55.1 Å². The van der Waals surface area contributed by atoms with Crippen LogP contribution in [-0.4, -0.2) is 20.9 Å². The number of fused-ring (bicyclic) bond motifs is 1. The highest BCUT2D eigenvalue weighted by Gasteiger charge is 2.04. The third kappa shape index (κ3) is 2.34. The first-order valence-electron chi connectivity index (χ1n) is 4.83. The van der Waals surface area contributed by atoms with Crippen molar-refractivity contribution >= 4 is 16.9 Å². The Balaban J connectivity index is 0.000000531. The zero-order chi connectivity index (χ0) is 11.4. The van der Waals surface area contributed by atoms with E-state index in [1.165, 1.54) is 0 Å². The van der Waals surface area contributed by atoms with E-state index < -0.39 is 5.97 Å². The first-order chi connectivity index (χ1) is 7.16. The summed E-state index contributed by atoms with van der Waals surface area (Å²) in [6, 6.07) is 4.88. The summed E-state index contributed by atoms with van der Waals surface area (Å²) in [7, 11) is 1.81. The van der Waals surface area contributed by atoms with E-state index in [0.29, 0.717) is 5.56 Å². The molecule has 80 valence electrons. The molecule has 0 amide bonds. The van der Waals surface area contributed by atoms with Gasteiger partial charge in [-0.3, -0.25) is 4.68 Å². The molecule has 2 aromatic rings. The number of hydrogen-bond donors (Lipinski definition) is 1. The van der Waals surface area contributed by atoms with E-state index in [2.05, 4.69) is 5.10 Å². The molecule has 1 aromatic heterocycles. The predicted molar refractivity (Wildman–Crippen MR) is 59.0 cm³/mol. The maximum absolute atomic E-state index is 10.6. The first kappa shape index (κ1) is 11.2. The van der Waals surface area contributed by atoms with Crippen molar-refractivity contribution in [2.75, 3.05) is 0 Å². The van der Waals surface area contributed by atoms with Gasteiger partial charge in [0.1, 0.15) is 0 Å². The maximum Gasteiger partial charge on any atom is 0.335 e. The first-order valence-corrected chi connectivity index (χ1v) is 4.83. The molecule has 0 fully saturated rings. The van der Waals surface area contributed by atoms with Crippen molar-refractivity contribution < 1.29 is 9.90 Å². The highest BCUT2D eigenvalue weighted by Crippen LogP contribution is 2.13. The van der Waals surface area contributed by atoms with Crippen LogP contribution in [0, 0.1) is 0 Å². The normalized spacial score (nSPS) is 9.53. The zero-order valence-corrected chi connectivity index (χ0v) is 9.06. The largest absolute Gasteiger partial charge is 0.478 e. The Labute approximate surface area is 88.1 Å². The Morgan fingerprint density at radius 2 is 2.07 bits per heavy atom. The number of carboxylic acids is 1. The number of aromatic carboxylic acids is 1. The van der Waals surface area contributed by atoms with Crippen LogP contribution in [0.25, 0.3) is 10.9 Å². The van der Waals surface area contributed by atoms with Crippen LogP contribution in [0.15, 0.2) is 24.4 Å². The molecule has 0 saturated carbocycles. The van der Waals surface area contributed by atoms with Gasteiger partial charge in [0.05, 0.1) is 11.1 Å². The molecule has 2 rings (SSSR count). The van der Waals surface area contributed by atoms with Crippen molar-refractivity contribution in [1.82, 2.24) is 9.78 Å². The third-order valence-electron chi connectivity index (χ3n) is 1.87. The minimum Gasteiger partial charge on any atom is -0.478 e. The van der Waals surface area contributed by atoms with Gasteiger partial charge in [-0.1, -0.05) is 13.8 Å². The Hall–Kier alpha value is -1.84. The molecule has 0 spiro atoms. The summed E-state index contributed by atoms with van der Waals surface area (Å²) < 4.78 is 1.66. The fourth-order valence-corrected chi connectivity index (χ4v) is 1.28. The van der Waals surface area contributed by atoms with Gasteiger partial charge in [-0.05, 0) is 18.2 Å². The van der Waals surface area contributed by atoms with E-state index in [-0.39, 0.29) is 0 Å². The molecule has 4 heteroatoms. The summed E-state index contributed by atoms with van der Waals surface area (Å²) in [4.78, 5) is 10.6. The van der Waals surface area contributed by atoms with Crippen LogP contribution in [0.2, 0.25) is 0 Å². The monoisotopic (exact) mass is 206 g/mol. The van der Waals surface area contributed by atoms with Crippen molar-refractivity contribution in [3.8, 4) is 0 Å². The van der Waals surface area contributed by atoms with Gasteiger partial charge in [0.25, 0.3) is 0 Å². The fraction of sp³-hybridized carbons (Fsp3) is 0.273. The molecule has 0 atom stereocenters. The number of benzene rings is 1. The number of nitrogens with zero attached hydrogens (tertiary/aromatic N) is 2. The number of hydrogen-bond acceptors (Lipinski definition) is 2. The molecule has 1 aromatic carbocycles. The van der Waals surface area contributed by atoms with Crippen LogP contribution >= 0.6 is 0 Å². The van der Waals surface area contributed by atoms with E-state index in [4.69, 9.17) is 5.11 Å². The minimum absolute atomic E-state index is 0.292. The van der Waals surface area contributed by atoms with Crippen LogP contribution in [0.4, 0.5) is 0 Å². The van der Waals surface area contributed by atoms with Crippen LogP contribution in [0.3, 0.4) is 0 Å². The summed E-state index contributed by atoms with van der Waals surface area (Å²) in [5.74, 6) is -0.911. The molecule has 4 nitrogen and oxygen atoms in total. The summed E-state index contributed by atoms with van der Waals surface area (Å²) in [6.07, 6.45) is 1.79. The van der Waals surface area contributed by atoms with Crippen LogP contribution in [0.1, 0.15) is 24.2 Å². The lowest BCUT2D eigenvalue weighted by molar-refractivity contribution is 0.0697. The molecular weight excluding hydrogens is 192 g/mol. The highest BCUT2D eigenvalue weighted by atomic mass is 16.4. The lowest BCUT2D eigenvalue weighted by atomic mass is 10.2. The lowest BCUT2D eigenvalue weighted by Crippen LogP contribution is -1.94. The van der Waals surface area contributed by atoms with Gasteiger partial charge >= 0.3 is 5.97 Å². The Kier molecular flexibility index (Phi) is 3.44. The number of aromatic nitrogens is 2. The van der Waals surface area contributed by atoms with Gasteiger partial charge in [0.15, 0.2) is 0 Å². The van der Waals surface area contributed by atoms with Gasteiger partial charge in [-0.15, -0.1) is 0 Å². The Bertz CT molecular complexity index is 474. The minimum atomic E-state index is -0.911. The number of rotatable bonds is 1. The zero-order valence-electron chi connectivity index (χ0n) is 9.06. The SMILES string of the molecule is CC.Cn1cc2cc(C(=O)O)ccc2n1. The van der Waals surface area contributed by atoms with Crippen LogP contribution in [0.5, 0.6) is 0 Å². The number of carboxylic acid groups (broad SMARTS) is 1. The predicted octanol–water partition coefficient (Wildman–Crippen LogP) is 2.30. The summed E-state index contributed by atoms with van der Waals surface area (Å²) in [5, 5.41) is 13.7. The third-order valence-corrected chi connectivity index (χ3v) is 1.87. The molecule has 0 unspecified atom stereocenters. The molecule has 0 aliphatic carbocycles. The van der Waals surface area contributed by atoms with Crippen molar-refractivity contribution in [3.63, 3.8) is 0 Å². The average molecular weight is 206 g/mol. The van der Waals surface area contributed by atoms with Crippen molar-refractivity contribution in [2.45, 2.75) is 13.8 Å². The van der Waals surface area contributed by atoms with E-state index >= 15 is 0 Å². The molecule has 15 heavy (non-hydrogen) atoms. The Morgan fingerprint density at radius 3 is 2.67 bits per heavy atom. The lowest BCUT2D eigenvalue weighted by Gasteiger charge is -1.91. The molecule has 0 aliphatic rings. The van der Waals surface area contributed by atoms with Crippen LogP contribution in [-0.2, 0) is 7.05 Å². The summed E-state index contributed by atoms with van der Waals surface area (Å²) in [5.41, 5.74) is 1.10. The quantitative estimate of drug-likeness (QED) is 0.778. The smallest absolute Gasteiger partial charge is 0.335 e. The van der Waals surface area contributed by atoms with Gasteiger partial charge in [-0.2, -0.15) is 5.10 Å². The van der Waals surface area contributed by atoms with Crippen molar-refractivity contribution in [2.24, 2.45) is 7.05 Å². The standard InChI is InChI=1S/C9H8N2O2.C2H6/c1-11-5-7-4-6(9(12)13)2-3-8(7)10-11;1-2/h2-5H,1H3,(H,12,13);1-2H3. The highest BCUT2D eigenvalue weighted by molar-refractivity contribution is 5.93. The summed E-state index contributed by atoms with van der Waals surface area (Å²) in [6.45, 7) is 4.00. The van der Waals surface area contributed by atoms with E-state index in [0.717, 1.165) is 10.9 Å². The van der Waals surface area contributed by atoms with E-state index in [1.807, 2.05) is 13.8 Å². The van der Waals surface area contributed by atoms with Gasteiger partial charge in [0, 0.05) is 18.6 Å². The summed E-state index contributed by atoms with van der Waals surface area (Å²) >= 11 is 0. The Morgan fingerprint density at radius 1 is 1.40 bits per heavy atom. The molecule has 1 N–H and O–H groups in total. The second-order valence-corrected chi connectivity index (χ2v) is 2.88. The van der Waals surface area contributed by atoms with E-state index in [9.17, 15) is 4.79 Å². The van der Waals surface area contributed by atoms with Gasteiger partial charge in [-0.25, -0.2) is 4.79 Å². The average Bonchev–Trinajstić information content (AvgIpc) is 2.59.